The average molecular weight is 248 g/mol. The van der Waals surface area contributed by atoms with Crippen LogP contribution in [0.1, 0.15) is 31.2 Å². The van der Waals surface area contributed by atoms with Crippen molar-refractivity contribution in [2.75, 3.05) is 6.54 Å². The maximum absolute atomic E-state index is 11.7. The lowest BCUT2D eigenvalue weighted by molar-refractivity contribution is -0.121. The summed E-state index contributed by atoms with van der Waals surface area (Å²) < 4.78 is 0. The molecule has 1 unspecified atom stereocenters. The van der Waals surface area contributed by atoms with Crippen molar-refractivity contribution in [3.63, 3.8) is 0 Å². The zero-order chi connectivity index (χ0) is 12.8. The number of pyridine rings is 1. The lowest BCUT2D eigenvalue weighted by atomic mass is 10.0. The van der Waals surface area contributed by atoms with Gasteiger partial charge in [-0.2, -0.15) is 0 Å². The highest BCUT2D eigenvalue weighted by Crippen LogP contribution is 2.27. The summed E-state index contributed by atoms with van der Waals surface area (Å²) in [7, 11) is 0. The zero-order valence-electron chi connectivity index (χ0n) is 10.5. The van der Waals surface area contributed by atoms with E-state index in [9.17, 15) is 9.90 Å². The molecule has 0 aliphatic heterocycles. The van der Waals surface area contributed by atoms with Gasteiger partial charge in [-0.05, 0) is 30.4 Å². The van der Waals surface area contributed by atoms with E-state index in [2.05, 4.69) is 10.3 Å². The van der Waals surface area contributed by atoms with Gasteiger partial charge in [0.05, 0.1) is 12.5 Å². The van der Waals surface area contributed by atoms with E-state index in [1.165, 1.54) is 12.8 Å². The van der Waals surface area contributed by atoms with Crippen LogP contribution in [0.15, 0.2) is 24.5 Å². The normalized spacial score (nSPS) is 17.6. The number of aliphatic hydroxyl groups is 1. The van der Waals surface area contributed by atoms with Crippen molar-refractivity contribution in [3.05, 3.63) is 30.1 Å². The fourth-order valence-electron chi connectivity index (χ4n) is 2.48. The van der Waals surface area contributed by atoms with Crippen molar-refractivity contribution < 1.29 is 9.90 Å². The minimum Gasteiger partial charge on any atom is -0.391 e. The van der Waals surface area contributed by atoms with E-state index in [1.807, 2.05) is 12.1 Å². The molecule has 0 spiro atoms. The molecule has 1 amide bonds. The van der Waals surface area contributed by atoms with Crippen LogP contribution in [0.5, 0.6) is 0 Å². The molecule has 1 aliphatic carbocycles. The first-order valence-corrected chi connectivity index (χ1v) is 6.59. The maximum atomic E-state index is 11.7. The Balaban J connectivity index is 1.71. The summed E-state index contributed by atoms with van der Waals surface area (Å²) in [6.45, 7) is 0.365. The van der Waals surface area contributed by atoms with Gasteiger partial charge in [0.15, 0.2) is 0 Å². The Morgan fingerprint density at radius 3 is 2.94 bits per heavy atom. The number of nitrogens with zero attached hydrogens (tertiary/aromatic N) is 1. The number of carbonyl (C=O) groups is 1. The first-order chi connectivity index (χ1) is 8.75. The van der Waals surface area contributed by atoms with Gasteiger partial charge in [0.25, 0.3) is 0 Å². The molecule has 1 atom stereocenters. The maximum Gasteiger partial charge on any atom is 0.224 e. The topological polar surface area (TPSA) is 62.2 Å². The van der Waals surface area contributed by atoms with E-state index in [4.69, 9.17) is 0 Å². The van der Waals surface area contributed by atoms with Crippen molar-refractivity contribution in [2.45, 2.75) is 38.2 Å². The van der Waals surface area contributed by atoms with Gasteiger partial charge in [-0.25, -0.2) is 0 Å². The quantitative estimate of drug-likeness (QED) is 0.825. The molecule has 0 aromatic carbocycles. The molecule has 1 aliphatic rings. The molecule has 2 rings (SSSR count). The molecule has 18 heavy (non-hydrogen) atoms. The van der Waals surface area contributed by atoms with Crippen LogP contribution in [0.4, 0.5) is 0 Å². The Hall–Kier alpha value is -1.42. The van der Waals surface area contributed by atoms with Crippen molar-refractivity contribution in [1.82, 2.24) is 10.3 Å². The molecular weight excluding hydrogens is 228 g/mol. The number of rotatable bonds is 5. The number of amides is 1. The molecule has 4 heteroatoms. The van der Waals surface area contributed by atoms with E-state index >= 15 is 0 Å². The van der Waals surface area contributed by atoms with Crippen LogP contribution in [0, 0.1) is 5.92 Å². The fraction of sp³-hybridized carbons (Fsp3) is 0.571. The predicted molar refractivity (Wildman–Crippen MR) is 68.9 cm³/mol. The molecule has 0 radical (unpaired) electrons. The first kappa shape index (κ1) is 13.0. The van der Waals surface area contributed by atoms with E-state index < -0.39 is 6.10 Å². The molecule has 98 valence electrons. The molecule has 1 saturated carbocycles. The summed E-state index contributed by atoms with van der Waals surface area (Å²) in [5.41, 5.74) is 0.894. The lowest BCUT2D eigenvalue weighted by Gasteiger charge is -2.18. The van der Waals surface area contributed by atoms with Crippen molar-refractivity contribution in [3.8, 4) is 0 Å². The van der Waals surface area contributed by atoms with Crippen LogP contribution in [0.2, 0.25) is 0 Å². The third-order valence-corrected chi connectivity index (χ3v) is 3.54. The van der Waals surface area contributed by atoms with Gasteiger partial charge >= 0.3 is 0 Å². The van der Waals surface area contributed by atoms with E-state index in [-0.39, 0.29) is 5.91 Å². The molecule has 1 aromatic heterocycles. The standard InChI is InChI=1S/C14H20N2O2/c17-13(12-5-1-2-6-12)10-16-14(18)8-11-4-3-7-15-9-11/h3-4,7,9,12-13,17H,1-2,5-6,8,10H2,(H,16,18). The smallest absolute Gasteiger partial charge is 0.224 e. The predicted octanol–water partition coefficient (Wildman–Crippen LogP) is 1.29. The lowest BCUT2D eigenvalue weighted by Crippen LogP contribution is -2.36. The second-order valence-corrected chi connectivity index (χ2v) is 4.95. The highest BCUT2D eigenvalue weighted by Gasteiger charge is 2.23. The Morgan fingerprint density at radius 1 is 1.50 bits per heavy atom. The molecular formula is C14H20N2O2. The van der Waals surface area contributed by atoms with E-state index in [0.717, 1.165) is 18.4 Å². The van der Waals surface area contributed by atoms with Crippen LogP contribution in [-0.2, 0) is 11.2 Å². The number of hydrogen-bond acceptors (Lipinski definition) is 3. The summed E-state index contributed by atoms with van der Waals surface area (Å²) in [5, 5.41) is 12.7. The Morgan fingerprint density at radius 2 is 2.28 bits per heavy atom. The van der Waals surface area contributed by atoms with Gasteiger partial charge in [-0.1, -0.05) is 18.9 Å². The monoisotopic (exact) mass is 248 g/mol. The molecule has 1 fully saturated rings. The molecule has 2 N–H and O–H groups in total. The van der Waals surface area contributed by atoms with Crippen molar-refractivity contribution >= 4 is 5.91 Å². The number of aromatic nitrogens is 1. The summed E-state index contributed by atoms with van der Waals surface area (Å²) in [6.07, 6.45) is 7.87. The van der Waals surface area contributed by atoms with Crippen LogP contribution in [0.25, 0.3) is 0 Å². The number of nitrogens with one attached hydrogen (secondary N) is 1. The van der Waals surface area contributed by atoms with Gasteiger partial charge < -0.3 is 10.4 Å². The fourth-order valence-corrected chi connectivity index (χ4v) is 2.48. The second kappa shape index (κ2) is 6.50. The molecule has 4 nitrogen and oxygen atoms in total. The minimum absolute atomic E-state index is 0.0555. The third-order valence-electron chi connectivity index (χ3n) is 3.54. The highest BCUT2D eigenvalue weighted by atomic mass is 16.3. The number of hydrogen-bond donors (Lipinski definition) is 2. The van der Waals surface area contributed by atoms with E-state index in [0.29, 0.717) is 18.9 Å². The Kier molecular flexibility index (Phi) is 4.70. The Labute approximate surface area is 107 Å². The average Bonchev–Trinajstić information content (AvgIpc) is 2.91. The van der Waals surface area contributed by atoms with Gasteiger partial charge in [0, 0.05) is 18.9 Å². The second-order valence-electron chi connectivity index (χ2n) is 4.95. The minimum atomic E-state index is -0.398. The summed E-state index contributed by atoms with van der Waals surface area (Å²) >= 11 is 0. The number of carbonyl (C=O) groups excluding carboxylic acids is 1. The first-order valence-electron chi connectivity index (χ1n) is 6.59. The van der Waals surface area contributed by atoms with Gasteiger partial charge in [0.2, 0.25) is 5.91 Å². The van der Waals surface area contributed by atoms with Crippen LogP contribution < -0.4 is 5.32 Å². The van der Waals surface area contributed by atoms with Gasteiger partial charge in [-0.3, -0.25) is 9.78 Å². The van der Waals surface area contributed by atoms with Gasteiger partial charge in [0.1, 0.15) is 0 Å². The van der Waals surface area contributed by atoms with Gasteiger partial charge in [-0.15, -0.1) is 0 Å². The summed E-state index contributed by atoms with van der Waals surface area (Å²) in [5.74, 6) is 0.309. The molecule has 1 aromatic rings. The largest absolute Gasteiger partial charge is 0.391 e. The van der Waals surface area contributed by atoms with Crippen LogP contribution >= 0.6 is 0 Å². The number of aliphatic hydroxyl groups excluding tert-OH is 1. The molecule has 1 heterocycles. The highest BCUT2D eigenvalue weighted by molar-refractivity contribution is 5.78. The molecule has 0 saturated heterocycles. The Bertz CT molecular complexity index is 375. The zero-order valence-corrected chi connectivity index (χ0v) is 10.5. The van der Waals surface area contributed by atoms with Crippen LogP contribution in [0.3, 0.4) is 0 Å². The summed E-state index contributed by atoms with van der Waals surface area (Å²) in [4.78, 5) is 15.6. The molecule has 0 bridgehead atoms. The van der Waals surface area contributed by atoms with E-state index in [1.54, 1.807) is 12.4 Å². The SMILES string of the molecule is O=C(Cc1cccnc1)NCC(O)C1CCCC1. The third kappa shape index (κ3) is 3.81. The van der Waals surface area contributed by atoms with Crippen LogP contribution in [-0.4, -0.2) is 28.6 Å². The van der Waals surface area contributed by atoms with Crippen molar-refractivity contribution in [2.24, 2.45) is 5.92 Å². The van der Waals surface area contributed by atoms with Crippen molar-refractivity contribution in [1.29, 1.82) is 0 Å². The summed E-state index contributed by atoms with van der Waals surface area (Å²) in [6, 6.07) is 3.69.